The van der Waals surface area contributed by atoms with Crippen molar-refractivity contribution in [1.82, 2.24) is 9.97 Å². The van der Waals surface area contributed by atoms with Crippen molar-refractivity contribution in [3.05, 3.63) is 17.5 Å². The van der Waals surface area contributed by atoms with Gasteiger partial charge in [-0.2, -0.15) is 0 Å². The molecule has 0 amide bonds. The number of aromatic nitrogens is 2. The number of hydrogen-bond donors (Lipinski definition) is 0. The molecule has 0 atom stereocenters. The molecule has 0 fully saturated rings. The Bertz CT molecular complexity index is 326. The number of aryl methyl sites for hydroxylation is 2. The second-order valence-corrected chi connectivity index (χ2v) is 5.18. The first-order valence-electron chi connectivity index (χ1n) is 6.57. The van der Waals surface area contributed by atoms with Gasteiger partial charge in [0.15, 0.2) is 5.16 Å². The minimum atomic E-state index is 0.828. The van der Waals surface area contributed by atoms with Crippen LogP contribution in [0, 0.1) is 13.1 Å². The van der Waals surface area contributed by atoms with Gasteiger partial charge in [0, 0.05) is 11.3 Å². The van der Waals surface area contributed by atoms with E-state index in [2.05, 4.69) is 30.0 Å². The van der Waals surface area contributed by atoms with E-state index in [4.69, 9.17) is 0 Å². The Hall–Kier alpha value is -0.570. The van der Waals surface area contributed by atoms with Crippen LogP contribution in [0.5, 0.6) is 0 Å². The highest BCUT2D eigenvalue weighted by molar-refractivity contribution is 7.98. The molecule has 0 saturated heterocycles. The smallest absolute Gasteiger partial charge is 0.188 e. The van der Waals surface area contributed by atoms with Gasteiger partial charge >= 0.3 is 0 Å². The van der Waals surface area contributed by atoms with Crippen LogP contribution in [0.4, 0.5) is 0 Å². The minimum absolute atomic E-state index is 0.828. The van der Waals surface area contributed by atoms with Crippen molar-refractivity contribution < 1.29 is 0 Å². The zero-order valence-corrected chi connectivity index (χ0v) is 12.1. The number of hydrogen-bond acceptors (Lipinski definition) is 3. The predicted octanol–water partition coefficient (Wildman–Crippen LogP) is 4.21. The lowest BCUT2D eigenvalue weighted by atomic mass is 10.1. The van der Waals surface area contributed by atoms with Gasteiger partial charge in [-0.3, -0.25) is 0 Å². The first kappa shape index (κ1) is 14.5. The summed E-state index contributed by atoms with van der Waals surface area (Å²) >= 11 is 1.58. The number of unbranched alkanes of at least 4 members (excludes halogenated alkanes) is 5. The van der Waals surface area contributed by atoms with Gasteiger partial charge in [0.05, 0.1) is 6.20 Å². The zero-order chi connectivity index (χ0) is 12.5. The van der Waals surface area contributed by atoms with Gasteiger partial charge in [-0.25, -0.2) is 9.97 Å². The van der Waals surface area contributed by atoms with Crippen LogP contribution < -0.4 is 0 Å². The molecule has 1 aromatic heterocycles. The van der Waals surface area contributed by atoms with Gasteiger partial charge in [0.2, 0.25) is 0 Å². The lowest BCUT2D eigenvalue weighted by molar-refractivity contribution is 0.605. The Morgan fingerprint density at radius 1 is 1.12 bits per heavy atom. The van der Waals surface area contributed by atoms with Crippen molar-refractivity contribution in [3.63, 3.8) is 0 Å². The lowest BCUT2D eigenvalue weighted by Gasteiger charge is -2.05. The molecule has 0 bridgehead atoms. The van der Waals surface area contributed by atoms with E-state index in [1.165, 1.54) is 44.1 Å². The summed E-state index contributed by atoms with van der Waals surface area (Å²) in [7, 11) is 0. The maximum atomic E-state index is 4.44. The van der Waals surface area contributed by atoms with Crippen LogP contribution in [0.1, 0.15) is 56.7 Å². The number of nitrogens with zero attached hydrogens (tertiary/aromatic N) is 2. The summed E-state index contributed by atoms with van der Waals surface area (Å²) in [5, 5.41) is 0.828. The van der Waals surface area contributed by atoms with E-state index in [0.29, 0.717) is 0 Å². The molecule has 1 aromatic rings. The van der Waals surface area contributed by atoms with Crippen LogP contribution in [0.2, 0.25) is 0 Å². The van der Waals surface area contributed by atoms with Gasteiger partial charge in [-0.15, -0.1) is 0 Å². The monoisotopic (exact) mass is 251 g/mol. The quantitative estimate of drug-likeness (QED) is 0.393. The van der Waals surface area contributed by atoms with Crippen molar-refractivity contribution >= 4 is 11.8 Å². The standard InChI is InChI=1S/C14H23N2S/c1-4-5-6-7-8-9-10-13-11-15-14(17-3)16-12(13)2/h4-10H2,1-3H3. The summed E-state index contributed by atoms with van der Waals surface area (Å²) in [6.07, 6.45) is 14.2. The van der Waals surface area contributed by atoms with Crippen LogP contribution in [0.25, 0.3) is 0 Å². The molecule has 1 rings (SSSR count). The first-order valence-corrected chi connectivity index (χ1v) is 7.79. The average molecular weight is 251 g/mol. The molecular weight excluding hydrogens is 228 g/mol. The largest absolute Gasteiger partial charge is 0.228 e. The molecule has 17 heavy (non-hydrogen) atoms. The zero-order valence-electron chi connectivity index (χ0n) is 11.3. The second kappa shape index (κ2) is 8.51. The molecule has 0 unspecified atom stereocenters. The van der Waals surface area contributed by atoms with Crippen molar-refractivity contribution in [2.24, 2.45) is 0 Å². The Kier molecular flexibility index (Phi) is 7.25. The van der Waals surface area contributed by atoms with E-state index >= 15 is 0 Å². The molecular formula is C14H23N2S. The first-order chi connectivity index (χ1) is 8.27. The van der Waals surface area contributed by atoms with Crippen LogP contribution in [-0.2, 0) is 6.42 Å². The van der Waals surface area contributed by atoms with Gasteiger partial charge in [-0.05, 0) is 26.0 Å². The van der Waals surface area contributed by atoms with E-state index in [-0.39, 0.29) is 0 Å². The van der Waals surface area contributed by atoms with E-state index in [0.717, 1.165) is 17.3 Å². The van der Waals surface area contributed by atoms with Gasteiger partial charge in [0.1, 0.15) is 0 Å². The molecule has 3 heteroatoms. The van der Waals surface area contributed by atoms with E-state index in [1.807, 2.05) is 6.26 Å². The summed E-state index contributed by atoms with van der Waals surface area (Å²) in [5.74, 6) is 0. The highest BCUT2D eigenvalue weighted by Crippen LogP contribution is 2.14. The molecule has 0 aliphatic heterocycles. The van der Waals surface area contributed by atoms with Crippen LogP contribution in [-0.4, -0.2) is 16.2 Å². The van der Waals surface area contributed by atoms with E-state index < -0.39 is 0 Å². The van der Waals surface area contributed by atoms with Crippen molar-refractivity contribution in [1.29, 1.82) is 0 Å². The molecule has 0 saturated carbocycles. The van der Waals surface area contributed by atoms with Crippen molar-refractivity contribution in [2.75, 3.05) is 6.26 Å². The Labute approximate surface area is 110 Å². The SMILES string of the molecule is CCCCCCCCc1[c]nc(SC)nc1C. The average Bonchev–Trinajstić information content (AvgIpc) is 2.35. The number of thioether (sulfide) groups is 1. The molecule has 0 aliphatic carbocycles. The minimum Gasteiger partial charge on any atom is -0.228 e. The fourth-order valence-corrected chi connectivity index (χ4v) is 2.21. The highest BCUT2D eigenvalue weighted by atomic mass is 32.2. The summed E-state index contributed by atoms with van der Waals surface area (Å²) < 4.78 is 0. The third kappa shape index (κ3) is 5.53. The van der Waals surface area contributed by atoms with Gasteiger partial charge < -0.3 is 0 Å². The lowest BCUT2D eigenvalue weighted by Crippen LogP contribution is -1.97. The molecule has 0 aromatic carbocycles. The van der Waals surface area contributed by atoms with E-state index in [1.54, 1.807) is 11.8 Å². The Morgan fingerprint density at radius 2 is 1.82 bits per heavy atom. The third-order valence-corrected chi connectivity index (χ3v) is 3.50. The molecule has 0 N–H and O–H groups in total. The summed E-state index contributed by atoms with van der Waals surface area (Å²) in [6, 6.07) is 0. The molecule has 1 heterocycles. The normalized spacial score (nSPS) is 10.8. The Morgan fingerprint density at radius 3 is 2.47 bits per heavy atom. The van der Waals surface area contributed by atoms with E-state index in [9.17, 15) is 0 Å². The van der Waals surface area contributed by atoms with Crippen LogP contribution in [0.3, 0.4) is 0 Å². The third-order valence-electron chi connectivity index (χ3n) is 2.95. The number of rotatable bonds is 8. The second-order valence-electron chi connectivity index (χ2n) is 4.40. The summed E-state index contributed by atoms with van der Waals surface area (Å²) in [4.78, 5) is 8.65. The van der Waals surface area contributed by atoms with Crippen molar-refractivity contribution in [2.45, 2.75) is 63.9 Å². The predicted molar refractivity (Wildman–Crippen MR) is 74.5 cm³/mol. The Balaban J connectivity index is 2.27. The summed E-state index contributed by atoms with van der Waals surface area (Å²) in [5.41, 5.74) is 2.29. The molecule has 2 nitrogen and oxygen atoms in total. The van der Waals surface area contributed by atoms with Crippen LogP contribution in [0.15, 0.2) is 5.16 Å². The fraction of sp³-hybridized carbons (Fsp3) is 0.714. The van der Waals surface area contributed by atoms with Gasteiger partial charge in [-0.1, -0.05) is 50.8 Å². The molecule has 95 valence electrons. The maximum absolute atomic E-state index is 4.44. The van der Waals surface area contributed by atoms with Gasteiger partial charge in [0.25, 0.3) is 0 Å². The molecule has 1 radical (unpaired) electrons. The molecule has 0 spiro atoms. The van der Waals surface area contributed by atoms with Crippen LogP contribution >= 0.6 is 11.8 Å². The fourth-order valence-electron chi connectivity index (χ4n) is 1.84. The van der Waals surface area contributed by atoms with Crippen molar-refractivity contribution in [3.8, 4) is 0 Å². The maximum Gasteiger partial charge on any atom is 0.188 e. The summed E-state index contributed by atoms with van der Waals surface area (Å²) in [6.45, 7) is 4.31. The highest BCUT2D eigenvalue weighted by Gasteiger charge is 2.03. The molecule has 0 aliphatic rings. The topological polar surface area (TPSA) is 25.8 Å².